The second kappa shape index (κ2) is 5.96. The van der Waals surface area contributed by atoms with E-state index in [0.717, 1.165) is 42.7 Å². The maximum Gasteiger partial charge on any atom is 0.234 e. The molecule has 1 saturated heterocycles. The van der Waals surface area contributed by atoms with Crippen molar-refractivity contribution in [1.29, 1.82) is 0 Å². The van der Waals surface area contributed by atoms with Gasteiger partial charge in [0.05, 0.1) is 12.2 Å². The van der Waals surface area contributed by atoms with Crippen molar-refractivity contribution in [3.05, 3.63) is 46.8 Å². The first-order chi connectivity index (χ1) is 11.6. The molecule has 24 heavy (non-hydrogen) atoms. The van der Waals surface area contributed by atoms with Gasteiger partial charge < -0.3 is 9.64 Å². The van der Waals surface area contributed by atoms with Crippen molar-refractivity contribution in [1.82, 2.24) is 15.1 Å². The summed E-state index contributed by atoms with van der Waals surface area (Å²) in [6.07, 6.45) is 6.95. The van der Waals surface area contributed by atoms with Crippen LogP contribution in [0.4, 0.5) is 0 Å². The molecule has 0 radical (unpaired) electrons. The molecular weight excluding hydrogens is 302 g/mol. The molecule has 2 aliphatic heterocycles. The summed E-state index contributed by atoms with van der Waals surface area (Å²) >= 11 is 0. The van der Waals surface area contributed by atoms with Crippen LogP contribution in [0.5, 0.6) is 5.75 Å². The molecule has 2 unspecified atom stereocenters. The van der Waals surface area contributed by atoms with Gasteiger partial charge in [-0.15, -0.1) is 0 Å². The summed E-state index contributed by atoms with van der Waals surface area (Å²) < 4.78 is 5.82. The highest BCUT2D eigenvalue weighted by Gasteiger charge is 2.37. The van der Waals surface area contributed by atoms with Crippen molar-refractivity contribution in [2.75, 3.05) is 13.2 Å². The average Bonchev–Trinajstić information content (AvgIpc) is 3.25. The molecule has 1 amide bonds. The van der Waals surface area contributed by atoms with Crippen LogP contribution in [-0.4, -0.2) is 34.2 Å². The molecule has 2 aliphatic rings. The molecule has 0 aliphatic carbocycles. The minimum Gasteiger partial charge on any atom is -0.492 e. The van der Waals surface area contributed by atoms with Crippen LogP contribution < -0.4 is 4.74 Å². The van der Waals surface area contributed by atoms with Gasteiger partial charge in [-0.1, -0.05) is 6.07 Å². The van der Waals surface area contributed by atoms with Crippen LogP contribution in [0.1, 0.15) is 53.5 Å². The fraction of sp³-hybridized carbons (Fsp3) is 0.474. The number of hydrogen-bond donors (Lipinski definition) is 1. The van der Waals surface area contributed by atoms with Gasteiger partial charge in [0, 0.05) is 23.9 Å². The zero-order chi connectivity index (χ0) is 16.7. The predicted molar refractivity (Wildman–Crippen MR) is 91.0 cm³/mol. The molecular formula is C19H23N3O2. The zero-order valence-electron chi connectivity index (χ0n) is 14.2. The number of aryl methyl sites for hydroxylation is 2. The van der Waals surface area contributed by atoms with Crippen LogP contribution in [-0.2, 0) is 4.79 Å². The second-order valence-electron chi connectivity index (χ2n) is 6.91. The Hall–Kier alpha value is -2.30. The lowest BCUT2D eigenvalue weighted by atomic mass is 9.92. The largest absolute Gasteiger partial charge is 0.492 e. The van der Waals surface area contributed by atoms with E-state index in [9.17, 15) is 4.79 Å². The minimum absolute atomic E-state index is 0.126. The Labute approximate surface area is 142 Å². The third kappa shape index (κ3) is 2.48. The van der Waals surface area contributed by atoms with Gasteiger partial charge in [0.15, 0.2) is 0 Å². The third-order valence-electron chi connectivity index (χ3n) is 5.40. The van der Waals surface area contributed by atoms with Gasteiger partial charge in [0.25, 0.3) is 0 Å². The molecule has 126 valence electrons. The first-order valence-corrected chi connectivity index (χ1v) is 8.68. The standard InChI is InChI=1S/C19H23N3O2/c1-12-7-15-16(11-24-18(15)8-13(12)2)19(23)22-6-4-3-5-17(22)14-9-20-21-10-14/h7-10,16-17H,3-6,11H2,1-2H3,(H,20,21). The van der Waals surface area contributed by atoms with E-state index in [2.05, 4.69) is 36.2 Å². The van der Waals surface area contributed by atoms with Crippen LogP contribution in [0.3, 0.4) is 0 Å². The van der Waals surface area contributed by atoms with Gasteiger partial charge >= 0.3 is 0 Å². The molecule has 5 nitrogen and oxygen atoms in total. The number of carbonyl (C=O) groups is 1. The van der Waals surface area contributed by atoms with E-state index >= 15 is 0 Å². The molecule has 0 bridgehead atoms. The maximum atomic E-state index is 13.3. The van der Waals surface area contributed by atoms with E-state index in [1.807, 2.05) is 17.3 Å². The first kappa shape index (κ1) is 15.2. The lowest BCUT2D eigenvalue weighted by molar-refractivity contribution is -0.137. The summed E-state index contributed by atoms with van der Waals surface area (Å²) in [6, 6.07) is 4.30. The Morgan fingerprint density at radius 3 is 2.92 bits per heavy atom. The summed E-state index contributed by atoms with van der Waals surface area (Å²) in [5.74, 6) is 0.864. The normalized spacial score (nSPS) is 23.0. The highest BCUT2D eigenvalue weighted by molar-refractivity contribution is 5.86. The quantitative estimate of drug-likeness (QED) is 0.922. The Bertz CT molecular complexity index is 754. The van der Waals surface area contributed by atoms with E-state index in [0.29, 0.717) is 6.61 Å². The summed E-state index contributed by atoms with van der Waals surface area (Å²) in [4.78, 5) is 15.3. The van der Waals surface area contributed by atoms with E-state index in [1.165, 1.54) is 11.1 Å². The van der Waals surface area contributed by atoms with Crippen LogP contribution in [0.2, 0.25) is 0 Å². The third-order valence-corrected chi connectivity index (χ3v) is 5.40. The van der Waals surface area contributed by atoms with Crippen LogP contribution in [0, 0.1) is 13.8 Å². The molecule has 1 fully saturated rings. The van der Waals surface area contributed by atoms with E-state index in [1.54, 1.807) is 0 Å². The smallest absolute Gasteiger partial charge is 0.234 e. The number of H-pyrrole nitrogens is 1. The van der Waals surface area contributed by atoms with Crippen LogP contribution in [0.25, 0.3) is 0 Å². The van der Waals surface area contributed by atoms with Crippen LogP contribution >= 0.6 is 0 Å². The van der Waals surface area contributed by atoms with Gasteiger partial charge in [-0.3, -0.25) is 9.89 Å². The number of likely N-dealkylation sites (tertiary alicyclic amines) is 1. The van der Waals surface area contributed by atoms with Crippen molar-refractivity contribution in [2.24, 2.45) is 0 Å². The van der Waals surface area contributed by atoms with Crippen molar-refractivity contribution in [3.63, 3.8) is 0 Å². The van der Waals surface area contributed by atoms with Gasteiger partial charge in [-0.2, -0.15) is 5.10 Å². The van der Waals surface area contributed by atoms with E-state index in [-0.39, 0.29) is 17.9 Å². The monoisotopic (exact) mass is 325 g/mol. The number of hydrogen-bond acceptors (Lipinski definition) is 3. The Morgan fingerprint density at radius 1 is 1.29 bits per heavy atom. The first-order valence-electron chi connectivity index (χ1n) is 8.68. The van der Waals surface area contributed by atoms with Crippen molar-refractivity contribution >= 4 is 5.91 Å². The van der Waals surface area contributed by atoms with E-state index < -0.39 is 0 Å². The number of nitrogens with zero attached hydrogens (tertiary/aromatic N) is 2. The number of nitrogens with one attached hydrogen (secondary N) is 1. The lowest BCUT2D eigenvalue weighted by Crippen LogP contribution is -2.41. The lowest BCUT2D eigenvalue weighted by Gasteiger charge is -2.36. The molecule has 5 heteroatoms. The second-order valence-corrected chi connectivity index (χ2v) is 6.91. The average molecular weight is 325 g/mol. The van der Waals surface area contributed by atoms with Crippen molar-refractivity contribution < 1.29 is 9.53 Å². The molecule has 3 heterocycles. The molecule has 1 aromatic heterocycles. The number of aromatic amines is 1. The number of benzene rings is 1. The van der Waals surface area contributed by atoms with Gasteiger partial charge in [0.2, 0.25) is 5.91 Å². The minimum atomic E-state index is -0.188. The molecule has 4 rings (SSSR count). The molecule has 1 aromatic carbocycles. The summed E-state index contributed by atoms with van der Waals surface area (Å²) in [5.41, 5.74) is 4.56. The number of aromatic nitrogens is 2. The van der Waals surface area contributed by atoms with Gasteiger partial charge in [-0.25, -0.2) is 0 Å². The Balaban J connectivity index is 1.63. The fourth-order valence-corrected chi connectivity index (χ4v) is 3.86. The number of amides is 1. The number of fused-ring (bicyclic) bond motifs is 1. The Kier molecular flexibility index (Phi) is 3.79. The summed E-state index contributed by atoms with van der Waals surface area (Å²) in [6.45, 7) is 5.43. The molecule has 0 spiro atoms. The van der Waals surface area contributed by atoms with Gasteiger partial charge in [0.1, 0.15) is 18.3 Å². The van der Waals surface area contributed by atoms with Crippen molar-refractivity contribution in [2.45, 2.75) is 45.1 Å². The summed E-state index contributed by atoms with van der Waals surface area (Å²) in [5, 5.41) is 6.93. The highest BCUT2D eigenvalue weighted by atomic mass is 16.5. The van der Waals surface area contributed by atoms with E-state index in [4.69, 9.17) is 4.74 Å². The zero-order valence-corrected chi connectivity index (χ0v) is 14.2. The highest BCUT2D eigenvalue weighted by Crippen LogP contribution is 2.40. The summed E-state index contributed by atoms with van der Waals surface area (Å²) in [7, 11) is 0. The molecule has 2 atom stereocenters. The molecule has 2 aromatic rings. The van der Waals surface area contributed by atoms with Gasteiger partial charge in [-0.05, 0) is 50.3 Å². The maximum absolute atomic E-state index is 13.3. The topological polar surface area (TPSA) is 58.2 Å². The predicted octanol–water partition coefficient (Wildman–Crippen LogP) is 3.26. The number of rotatable bonds is 2. The molecule has 1 N–H and O–H groups in total. The number of carbonyl (C=O) groups excluding carboxylic acids is 1. The number of piperidine rings is 1. The molecule has 0 saturated carbocycles. The SMILES string of the molecule is Cc1cc2c(cc1C)C(C(=O)N1CCCCC1c1cn[nH]c1)CO2. The Morgan fingerprint density at radius 2 is 2.12 bits per heavy atom. The van der Waals surface area contributed by atoms with Crippen molar-refractivity contribution in [3.8, 4) is 5.75 Å². The number of ether oxygens (including phenoxy) is 1. The van der Waals surface area contributed by atoms with Crippen LogP contribution in [0.15, 0.2) is 24.5 Å². The fourth-order valence-electron chi connectivity index (χ4n) is 3.86.